The maximum absolute atomic E-state index is 5.48. The van der Waals surface area contributed by atoms with Crippen LogP contribution in [0, 0.1) is 0 Å². The van der Waals surface area contributed by atoms with Crippen molar-refractivity contribution in [3.63, 3.8) is 0 Å². The maximum atomic E-state index is 5.48. The van der Waals surface area contributed by atoms with Crippen molar-refractivity contribution in [2.45, 2.75) is 19.8 Å². The zero-order valence-electron chi connectivity index (χ0n) is 16.1. The summed E-state index contributed by atoms with van der Waals surface area (Å²) in [4.78, 5) is 18.0. The van der Waals surface area contributed by atoms with E-state index in [1.807, 2.05) is 6.07 Å². The molecule has 1 N–H and O–H groups in total. The minimum atomic E-state index is 0.655. The van der Waals surface area contributed by atoms with Gasteiger partial charge in [0.05, 0.1) is 13.2 Å². The second kappa shape index (κ2) is 12.4. The second-order valence-corrected chi connectivity index (χ2v) is 6.07. The minimum absolute atomic E-state index is 0.655. The van der Waals surface area contributed by atoms with Crippen molar-refractivity contribution in [3.8, 4) is 0 Å². The summed E-state index contributed by atoms with van der Waals surface area (Å²) in [5.41, 5.74) is 0. The number of methoxy groups -OCH3 is 1. The summed E-state index contributed by atoms with van der Waals surface area (Å²) in [6.07, 6.45) is 5.63. The van der Waals surface area contributed by atoms with Crippen molar-refractivity contribution in [3.05, 3.63) is 18.5 Å². The third-order valence-electron chi connectivity index (χ3n) is 4.14. The molecule has 146 valence electrons. The van der Waals surface area contributed by atoms with Crippen LogP contribution in [0.3, 0.4) is 0 Å². The van der Waals surface area contributed by atoms with Crippen molar-refractivity contribution >= 4 is 11.9 Å². The minimum Gasteiger partial charge on any atom is -0.382 e. The number of nitrogens with one attached hydrogen (secondary N) is 1. The van der Waals surface area contributed by atoms with Crippen LogP contribution in [0.15, 0.2) is 23.5 Å². The molecule has 0 spiro atoms. The first-order valence-corrected chi connectivity index (χ1v) is 9.47. The Balaban J connectivity index is 1.71. The van der Waals surface area contributed by atoms with Gasteiger partial charge in [0.25, 0.3) is 0 Å². The Morgan fingerprint density at radius 2 is 1.88 bits per heavy atom. The lowest BCUT2D eigenvalue weighted by atomic mass is 10.3. The molecule has 2 rings (SSSR count). The molecule has 8 nitrogen and oxygen atoms in total. The maximum Gasteiger partial charge on any atom is 0.225 e. The highest BCUT2D eigenvalue weighted by Gasteiger charge is 2.20. The van der Waals surface area contributed by atoms with Crippen molar-refractivity contribution in [1.82, 2.24) is 20.2 Å². The number of guanidine groups is 1. The van der Waals surface area contributed by atoms with Gasteiger partial charge in [-0.15, -0.1) is 0 Å². The summed E-state index contributed by atoms with van der Waals surface area (Å²) < 4.78 is 10.4. The molecular weight excluding hydrogens is 332 g/mol. The predicted octanol–water partition coefficient (Wildman–Crippen LogP) is 1.01. The quantitative estimate of drug-likeness (QED) is 0.377. The molecule has 1 aromatic rings. The number of hydrogen-bond donors (Lipinski definition) is 1. The van der Waals surface area contributed by atoms with Crippen LogP contribution in [-0.4, -0.2) is 87.0 Å². The molecule has 0 aromatic carbocycles. The molecule has 0 aliphatic carbocycles. The highest BCUT2D eigenvalue weighted by atomic mass is 16.5. The molecule has 1 aromatic heterocycles. The van der Waals surface area contributed by atoms with E-state index in [0.717, 1.165) is 70.6 Å². The fourth-order valence-corrected chi connectivity index (χ4v) is 2.74. The molecule has 0 bridgehead atoms. The molecule has 1 aliphatic rings. The van der Waals surface area contributed by atoms with Crippen molar-refractivity contribution in [2.24, 2.45) is 4.99 Å². The molecule has 0 amide bonds. The Kier molecular flexibility index (Phi) is 9.74. The number of nitrogens with zero attached hydrogens (tertiary/aromatic N) is 5. The van der Waals surface area contributed by atoms with Crippen LogP contribution in [0.5, 0.6) is 0 Å². The van der Waals surface area contributed by atoms with E-state index in [1.54, 1.807) is 19.5 Å². The highest BCUT2D eigenvalue weighted by Crippen LogP contribution is 2.09. The molecule has 0 unspecified atom stereocenters. The van der Waals surface area contributed by atoms with Gasteiger partial charge in [0.2, 0.25) is 5.95 Å². The third-order valence-corrected chi connectivity index (χ3v) is 4.14. The first-order chi connectivity index (χ1) is 12.8. The number of aliphatic imine (C=N–C) groups is 1. The van der Waals surface area contributed by atoms with Gasteiger partial charge in [0.15, 0.2) is 5.96 Å². The molecule has 8 heteroatoms. The zero-order chi connectivity index (χ0) is 18.5. The van der Waals surface area contributed by atoms with E-state index in [9.17, 15) is 0 Å². The number of aromatic nitrogens is 2. The monoisotopic (exact) mass is 364 g/mol. The lowest BCUT2D eigenvalue weighted by Gasteiger charge is -2.36. The van der Waals surface area contributed by atoms with E-state index in [1.165, 1.54) is 0 Å². The van der Waals surface area contributed by atoms with Crippen molar-refractivity contribution in [2.75, 3.05) is 71.1 Å². The smallest absolute Gasteiger partial charge is 0.225 e. The number of ether oxygens (including phenoxy) is 2. The molecule has 2 heterocycles. The number of rotatable bonds is 10. The lowest BCUT2D eigenvalue weighted by molar-refractivity contribution is 0.0690. The summed E-state index contributed by atoms with van der Waals surface area (Å²) in [7, 11) is 1.69. The first-order valence-electron chi connectivity index (χ1n) is 9.47. The molecule has 0 saturated carbocycles. The Labute approximate surface area is 156 Å². The standard InChI is InChI=1S/C18H32N6O2/c1-3-19-17(20-7-4-5-14-26-16-15-25-2)23-10-12-24(13-11-23)18-21-8-6-9-22-18/h6,8-9H,3-5,7,10-16H2,1-2H3,(H,19,20). The number of unbranched alkanes of at least 4 members (excludes halogenated alkanes) is 1. The number of anilines is 1. The summed E-state index contributed by atoms with van der Waals surface area (Å²) in [5.74, 6) is 1.81. The second-order valence-electron chi connectivity index (χ2n) is 6.07. The van der Waals surface area contributed by atoms with E-state index < -0.39 is 0 Å². The summed E-state index contributed by atoms with van der Waals surface area (Å²) in [6.45, 7) is 9.54. The Morgan fingerprint density at radius 3 is 2.58 bits per heavy atom. The normalized spacial score (nSPS) is 15.4. The summed E-state index contributed by atoms with van der Waals surface area (Å²) in [5, 5.41) is 3.40. The van der Waals surface area contributed by atoms with Gasteiger partial charge in [0.1, 0.15) is 0 Å². The van der Waals surface area contributed by atoms with E-state index >= 15 is 0 Å². The van der Waals surface area contributed by atoms with Crippen LogP contribution < -0.4 is 10.2 Å². The highest BCUT2D eigenvalue weighted by molar-refractivity contribution is 5.80. The average Bonchev–Trinajstić information content (AvgIpc) is 2.70. The Bertz CT molecular complexity index is 506. The van der Waals surface area contributed by atoms with Crippen molar-refractivity contribution in [1.29, 1.82) is 0 Å². The molecule has 0 radical (unpaired) electrons. The van der Waals surface area contributed by atoms with Gasteiger partial charge >= 0.3 is 0 Å². The average molecular weight is 364 g/mol. The van der Waals surface area contributed by atoms with Gasteiger partial charge in [-0.25, -0.2) is 9.97 Å². The molecule has 26 heavy (non-hydrogen) atoms. The van der Waals surface area contributed by atoms with Crippen LogP contribution in [-0.2, 0) is 9.47 Å². The SMILES string of the molecule is CCNC(=NCCCCOCCOC)N1CCN(c2ncccn2)CC1. The van der Waals surface area contributed by atoms with E-state index in [2.05, 4.69) is 32.0 Å². The Morgan fingerprint density at radius 1 is 1.12 bits per heavy atom. The fraction of sp³-hybridized carbons (Fsp3) is 0.722. The Hall–Kier alpha value is -1.93. The molecule has 1 aliphatic heterocycles. The molecule has 0 atom stereocenters. The van der Waals surface area contributed by atoms with Gasteiger partial charge in [-0.3, -0.25) is 4.99 Å². The fourth-order valence-electron chi connectivity index (χ4n) is 2.74. The van der Waals surface area contributed by atoms with Crippen LogP contribution in [0.1, 0.15) is 19.8 Å². The van der Waals surface area contributed by atoms with E-state index in [4.69, 9.17) is 14.5 Å². The first kappa shape index (κ1) is 20.4. The van der Waals surface area contributed by atoms with Gasteiger partial charge in [-0.05, 0) is 25.8 Å². The number of hydrogen-bond acceptors (Lipinski definition) is 6. The van der Waals surface area contributed by atoms with Gasteiger partial charge < -0.3 is 24.6 Å². The molecule has 1 saturated heterocycles. The summed E-state index contributed by atoms with van der Waals surface area (Å²) >= 11 is 0. The van der Waals surface area contributed by atoms with Crippen LogP contribution in [0.4, 0.5) is 5.95 Å². The van der Waals surface area contributed by atoms with Crippen LogP contribution in [0.25, 0.3) is 0 Å². The van der Waals surface area contributed by atoms with Crippen LogP contribution >= 0.6 is 0 Å². The topological polar surface area (TPSA) is 75.1 Å². The lowest BCUT2D eigenvalue weighted by Crippen LogP contribution is -2.53. The van der Waals surface area contributed by atoms with Gasteiger partial charge in [-0.2, -0.15) is 0 Å². The van der Waals surface area contributed by atoms with Crippen LogP contribution in [0.2, 0.25) is 0 Å². The van der Waals surface area contributed by atoms with E-state index in [-0.39, 0.29) is 0 Å². The number of piperazine rings is 1. The van der Waals surface area contributed by atoms with Gasteiger partial charge in [-0.1, -0.05) is 0 Å². The van der Waals surface area contributed by atoms with E-state index in [0.29, 0.717) is 13.2 Å². The zero-order valence-corrected chi connectivity index (χ0v) is 16.1. The molecular formula is C18H32N6O2. The largest absolute Gasteiger partial charge is 0.382 e. The predicted molar refractivity (Wildman–Crippen MR) is 104 cm³/mol. The summed E-state index contributed by atoms with van der Waals surface area (Å²) in [6, 6.07) is 1.85. The van der Waals surface area contributed by atoms with Crippen molar-refractivity contribution < 1.29 is 9.47 Å². The molecule has 1 fully saturated rings. The third kappa shape index (κ3) is 7.13. The van der Waals surface area contributed by atoms with Gasteiger partial charge in [0, 0.05) is 65.4 Å².